The van der Waals surface area contributed by atoms with E-state index in [9.17, 15) is 8.42 Å². The Balaban J connectivity index is 2.20. The second-order valence-electron chi connectivity index (χ2n) is 5.89. The molecule has 118 valence electrons. The molecule has 1 aromatic rings. The molecular formula is C15H23ClN2O2S. The SMILES string of the molecule is CNCc1ccc(Cl)c(S(=O)(=O)NC2CCCC(C)C2)c1. The first kappa shape index (κ1) is 16.7. The second-order valence-corrected chi connectivity index (χ2v) is 7.97. The summed E-state index contributed by atoms with van der Waals surface area (Å²) in [5, 5.41) is 3.28. The molecule has 1 aromatic carbocycles. The van der Waals surface area contributed by atoms with Gasteiger partial charge in [-0.25, -0.2) is 13.1 Å². The third-order valence-corrected chi connectivity index (χ3v) is 5.93. The van der Waals surface area contributed by atoms with E-state index in [-0.39, 0.29) is 16.0 Å². The third kappa shape index (κ3) is 4.42. The monoisotopic (exact) mass is 330 g/mol. The van der Waals surface area contributed by atoms with Crippen molar-refractivity contribution < 1.29 is 8.42 Å². The van der Waals surface area contributed by atoms with Gasteiger partial charge in [-0.2, -0.15) is 0 Å². The van der Waals surface area contributed by atoms with Crippen LogP contribution < -0.4 is 10.0 Å². The molecule has 4 nitrogen and oxygen atoms in total. The maximum atomic E-state index is 12.6. The molecule has 2 atom stereocenters. The summed E-state index contributed by atoms with van der Waals surface area (Å²) in [5.74, 6) is 0.567. The quantitative estimate of drug-likeness (QED) is 0.872. The van der Waals surface area contributed by atoms with Crippen molar-refractivity contribution in [2.75, 3.05) is 7.05 Å². The molecule has 0 aromatic heterocycles. The summed E-state index contributed by atoms with van der Waals surface area (Å²) in [4.78, 5) is 0.176. The zero-order chi connectivity index (χ0) is 15.5. The van der Waals surface area contributed by atoms with E-state index >= 15 is 0 Å². The lowest BCUT2D eigenvalue weighted by Crippen LogP contribution is -2.38. The summed E-state index contributed by atoms with van der Waals surface area (Å²) in [6, 6.07) is 5.14. The first-order chi connectivity index (χ1) is 9.92. The fourth-order valence-corrected chi connectivity index (χ4v) is 4.73. The van der Waals surface area contributed by atoms with Gasteiger partial charge >= 0.3 is 0 Å². The van der Waals surface area contributed by atoms with Gasteiger partial charge in [0.1, 0.15) is 4.90 Å². The minimum Gasteiger partial charge on any atom is -0.316 e. The minimum atomic E-state index is -3.56. The highest BCUT2D eigenvalue weighted by molar-refractivity contribution is 7.89. The molecule has 21 heavy (non-hydrogen) atoms. The lowest BCUT2D eigenvalue weighted by molar-refractivity contribution is 0.327. The van der Waals surface area contributed by atoms with Crippen LogP contribution in [0.3, 0.4) is 0 Å². The molecule has 0 radical (unpaired) electrons. The maximum Gasteiger partial charge on any atom is 0.242 e. The molecule has 0 heterocycles. The Kier molecular flexibility index (Phi) is 5.66. The van der Waals surface area contributed by atoms with Crippen molar-refractivity contribution in [2.24, 2.45) is 5.92 Å². The van der Waals surface area contributed by atoms with Crippen molar-refractivity contribution in [3.63, 3.8) is 0 Å². The summed E-state index contributed by atoms with van der Waals surface area (Å²) < 4.78 is 28.0. The van der Waals surface area contributed by atoms with E-state index in [0.717, 1.165) is 24.8 Å². The van der Waals surface area contributed by atoms with E-state index < -0.39 is 10.0 Å². The molecule has 1 fully saturated rings. The average Bonchev–Trinajstić information content (AvgIpc) is 2.40. The lowest BCUT2D eigenvalue weighted by Gasteiger charge is -2.27. The fourth-order valence-electron chi connectivity index (χ4n) is 2.89. The van der Waals surface area contributed by atoms with E-state index in [1.165, 1.54) is 6.42 Å². The van der Waals surface area contributed by atoms with E-state index in [1.807, 2.05) is 13.1 Å². The summed E-state index contributed by atoms with van der Waals surface area (Å²) >= 11 is 6.09. The summed E-state index contributed by atoms with van der Waals surface area (Å²) in [6.45, 7) is 2.78. The number of sulfonamides is 1. The molecule has 0 bridgehead atoms. The smallest absolute Gasteiger partial charge is 0.242 e. The van der Waals surface area contributed by atoms with Gasteiger partial charge in [-0.05, 0) is 43.5 Å². The molecule has 2 unspecified atom stereocenters. The Morgan fingerprint density at radius 1 is 1.33 bits per heavy atom. The van der Waals surface area contributed by atoms with Crippen LogP contribution in [0.15, 0.2) is 23.1 Å². The van der Waals surface area contributed by atoms with E-state index in [4.69, 9.17) is 11.6 Å². The number of benzene rings is 1. The number of rotatable bonds is 5. The van der Waals surface area contributed by atoms with Gasteiger partial charge < -0.3 is 5.32 Å². The number of hydrogen-bond acceptors (Lipinski definition) is 3. The van der Waals surface area contributed by atoms with Gasteiger partial charge in [0.25, 0.3) is 0 Å². The summed E-state index contributed by atoms with van der Waals surface area (Å²) in [7, 11) is -1.74. The largest absolute Gasteiger partial charge is 0.316 e. The van der Waals surface area contributed by atoms with Crippen molar-refractivity contribution >= 4 is 21.6 Å². The molecule has 2 N–H and O–H groups in total. The normalized spacial score (nSPS) is 23.2. The van der Waals surface area contributed by atoms with Crippen LogP contribution in [0.1, 0.15) is 38.2 Å². The maximum absolute atomic E-state index is 12.6. The van der Waals surface area contributed by atoms with Gasteiger partial charge in [-0.1, -0.05) is 37.4 Å². The standard InChI is InChI=1S/C15H23ClN2O2S/c1-11-4-3-5-13(8-11)18-21(19,20)15-9-12(10-17-2)6-7-14(15)16/h6-7,9,11,13,17-18H,3-5,8,10H2,1-2H3. The molecule has 1 aliphatic carbocycles. The molecule has 0 saturated heterocycles. The zero-order valence-corrected chi connectivity index (χ0v) is 14.1. The number of nitrogens with one attached hydrogen (secondary N) is 2. The number of halogens is 1. The first-order valence-electron chi connectivity index (χ1n) is 7.37. The van der Waals surface area contributed by atoms with Gasteiger partial charge in [-0.3, -0.25) is 0 Å². The molecule has 0 amide bonds. The minimum absolute atomic E-state index is 0.0165. The van der Waals surface area contributed by atoms with Gasteiger partial charge in [0, 0.05) is 12.6 Å². The molecule has 6 heteroatoms. The van der Waals surface area contributed by atoms with Gasteiger partial charge in [0.15, 0.2) is 0 Å². The van der Waals surface area contributed by atoms with Crippen LogP contribution in [0.5, 0.6) is 0 Å². The van der Waals surface area contributed by atoms with Crippen LogP contribution in [0.2, 0.25) is 5.02 Å². The van der Waals surface area contributed by atoms with Gasteiger partial charge in [0.05, 0.1) is 5.02 Å². The van der Waals surface area contributed by atoms with Crippen molar-refractivity contribution in [1.82, 2.24) is 10.0 Å². The predicted octanol–water partition coefficient (Wildman–Crippen LogP) is 2.92. The molecule has 1 aliphatic rings. The van der Waals surface area contributed by atoms with E-state index in [1.54, 1.807) is 12.1 Å². The van der Waals surface area contributed by atoms with Crippen molar-refractivity contribution in [2.45, 2.75) is 50.1 Å². The Labute approximate surface area is 132 Å². The molecule has 2 rings (SSSR count). The second kappa shape index (κ2) is 7.09. The predicted molar refractivity (Wildman–Crippen MR) is 86.0 cm³/mol. The van der Waals surface area contributed by atoms with Crippen molar-refractivity contribution in [3.05, 3.63) is 28.8 Å². The summed E-state index contributed by atoms with van der Waals surface area (Å²) in [6.07, 6.45) is 4.04. The Morgan fingerprint density at radius 2 is 2.10 bits per heavy atom. The number of hydrogen-bond donors (Lipinski definition) is 2. The van der Waals surface area contributed by atoms with Crippen molar-refractivity contribution in [3.8, 4) is 0 Å². The third-order valence-electron chi connectivity index (χ3n) is 3.92. The van der Waals surface area contributed by atoms with Crippen LogP contribution >= 0.6 is 11.6 Å². The molecule has 0 aliphatic heterocycles. The fraction of sp³-hybridized carbons (Fsp3) is 0.600. The van der Waals surface area contributed by atoms with Crippen LogP contribution in [0, 0.1) is 5.92 Å². The first-order valence-corrected chi connectivity index (χ1v) is 9.24. The lowest BCUT2D eigenvalue weighted by atomic mass is 9.88. The Morgan fingerprint density at radius 3 is 2.76 bits per heavy atom. The molecule has 1 saturated carbocycles. The van der Waals surface area contributed by atoms with Crippen molar-refractivity contribution in [1.29, 1.82) is 0 Å². The van der Waals surface area contributed by atoms with Gasteiger partial charge in [0.2, 0.25) is 10.0 Å². The Hall–Kier alpha value is -0.620. The molecule has 0 spiro atoms. The van der Waals surface area contributed by atoms with Gasteiger partial charge in [-0.15, -0.1) is 0 Å². The average molecular weight is 331 g/mol. The molecular weight excluding hydrogens is 308 g/mol. The highest BCUT2D eigenvalue weighted by Gasteiger charge is 2.26. The van der Waals surface area contributed by atoms with E-state index in [0.29, 0.717) is 12.5 Å². The summed E-state index contributed by atoms with van der Waals surface area (Å²) in [5.41, 5.74) is 0.902. The Bertz CT molecular complexity index is 589. The zero-order valence-electron chi connectivity index (χ0n) is 12.5. The highest BCUT2D eigenvalue weighted by atomic mass is 35.5. The van der Waals surface area contributed by atoms with Crippen LogP contribution in [-0.4, -0.2) is 21.5 Å². The highest BCUT2D eigenvalue weighted by Crippen LogP contribution is 2.27. The van der Waals surface area contributed by atoms with E-state index in [2.05, 4.69) is 17.0 Å². The van der Waals surface area contributed by atoms with Crippen LogP contribution in [0.25, 0.3) is 0 Å². The van der Waals surface area contributed by atoms with Crippen LogP contribution in [0.4, 0.5) is 0 Å². The topological polar surface area (TPSA) is 58.2 Å². The van der Waals surface area contributed by atoms with Crippen LogP contribution in [-0.2, 0) is 16.6 Å².